The van der Waals surface area contributed by atoms with Crippen molar-refractivity contribution in [3.63, 3.8) is 0 Å². The van der Waals surface area contributed by atoms with E-state index in [0.29, 0.717) is 20.8 Å². The summed E-state index contributed by atoms with van der Waals surface area (Å²) in [5.74, 6) is -0.243. The number of nitrogens with zero attached hydrogens (tertiary/aromatic N) is 1. The topological polar surface area (TPSA) is 42.0 Å². The van der Waals surface area contributed by atoms with E-state index in [4.69, 9.17) is 34.8 Å². The summed E-state index contributed by atoms with van der Waals surface area (Å²) in [6.07, 6.45) is 1.42. The normalized spacial score (nSPS) is 12.0. The minimum absolute atomic E-state index is 0.243. The molecule has 1 N–H and O–H groups in total. The molecule has 0 radical (unpaired) electrons. The van der Waals surface area contributed by atoms with Crippen molar-refractivity contribution in [1.82, 2.24) is 10.3 Å². The lowest BCUT2D eigenvalue weighted by Gasteiger charge is -2.16. The van der Waals surface area contributed by atoms with Crippen LogP contribution in [0, 0.1) is 0 Å². The van der Waals surface area contributed by atoms with Gasteiger partial charge in [-0.05, 0) is 36.8 Å². The molecule has 2 aromatic rings. The number of carbonyl (C=O) groups is 1. The Morgan fingerprint density at radius 3 is 2.55 bits per heavy atom. The second kappa shape index (κ2) is 6.44. The molecule has 1 amide bonds. The van der Waals surface area contributed by atoms with Crippen LogP contribution >= 0.6 is 34.8 Å². The van der Waals surface area contributed by atoms with Crippen LogP contribution in [0.15, 0.2) is 36.5 Å². The highest BCUT2D eigenvalue weighted by Gasteiger charge is 2.14. The number of aromatic nitrogens is 1. The van der Waals surface area contributed by atoms with Gasteiger partial charge in [-0.3, -0.25) is 4.79 Å². The molecule has 0 fully saturated rings. The summed E-state index contributed by atoms with van der Waals surface area (Å²) >= 11 is 17.6. The number of benzene rings is 1. The molecule has 2 rings (SSSR count). The van der Waals surface area contributed by atoms with Gasteiger partial charge in [-0.15, -0.1) is 0 Å². The molecule has 6 heteroatoms. The van der Waals surface area contributed by atoms with Gasteiger partial charge in [0.1, 0.15) is 5.15 Å². The summed E-state index contributed by atoms with van der Waals surface area (Å²) in [6, 6.07) is 8.09. The van der Waals surface area contributed by atoms with Gasteiger partial charge in [-0.2, -0.15) is 0 Å². The highest BCUT2D eigenvalue weighted by atomic mass is 35.5. The number of nitrogens with one attached hydrogen (secondary N) is 1. The lowest BCUT2D eigenvalue weighted by molar-refractivity contribution is 0.0939. The Kier molecular flexibility index (Phi) is 4.86. The van der Waals surface area contributed by atoms with Crippen molar-refractivity contribution in [2.45, 2.75) is 13.0 Å². The van der Waals surface area contributed by atoms with Gasteiger partial charge < -0.3 is 5.32 Å². The van der Waals surface area contributed by atoms with Gasteiger partial charge in [0.25, 0.3) is 5.91 Å². The first kappa shape index (κ1) is 15.1. The van der Waals surface area contributed by atoms with Gasteiger partial charge in [-0.25, -0.2) is 4.98 Å². The third-order valence-electron chi connectivity index (χ3n) is 2.77. The summed E-state index contributed by atoms with van der Waals surface area (Å²) in [6.45, 7) is 1.84. The van der Waals surface area contributed by atoms with Crippen LogP contribution in [0.5, 0.6) is 0 Å². The van der Waals surface area contributed by atoms with Gasteiger partial charge in [0.2, 0.25) is 0 Å². The first-order valence-electron chi connectivity index (χ1n) is 5.84. The van der Waals surface area contributed by atoms with E-state index >= 15 is 0 Å². The van der Waals surface area contributed by atoms with Crippen LogP contribution in [-0.4, -0.2) is 10.9 Å². The van der Waals surface area contributed by atoms with Gasteiger partial charge in [0.15, 0.2) is 0 Å². The lowest BCUT2D eigenvalue weighted by Crippen LogP contribution is -2.26. The van der Waals surface area contributed by atoms with E-state index in [1.165, 1.54) is 6.20 Å². The first-order chi connectivity index (χ1) is 9.47. The van der Waals surface area contributed by atoms with Crippen molar-refractivity contribution < 1.29 is 4.79 Å². The largest absolute Gasteiger partial charge is 0.345 e. The standard InChI is InChI=1S/C14H11Cl3N2O/c1-8(11-4-3-10(15)6-12(11)16)19-14(20)9-2-5-13(17)18-7-9/h2-8H,1H3,(H,19,20). The fourth-order valence-electron chi connectivity index (χ4n) is 1.72. The molecule has 20 heavy (non-hydrogen) atoms. The van der Waals surface area contributed by atoms with Crippen molar-refractivity contribution in [2.75, 3.05) is 0 Å². The first-order valence-corrected chi connectivity index (χ1v) is 6.98. The van der Waals surface area contributed by atoms with E-state index in [-0.39, 0.29) is 11.9 Å². The predicted molar refractivity (Wildman–Crippen MR) is 81.6 cm³/mol. The molecule has 1 heterocycles. The molecular formula is C14H11Cl3N2O. The third kappa shape index (κ3) is 3.63. The minimum atomic E-state index is -0.247. The Morgan fingerprint density at radius 1 is 1.20 bits per heavy atom. The Hall–Kier alpha value is -1.29. The summed E-state index contributed by atoms with van der Waals surface area (Å²) in [5.41, 5.74) is 1.23. The molecule has 0 saturated heterocycles. The van der Waals surface area contributed by atoms with Crippen LogP contribution < -0.4 is 5.32 Å². The summed E-state index contributed by atoms with van der Waals surface area (Å²) in [5, 5.41) is 4.25. The zero-order valence-corrected chi connectivity index (χ0v) is 12.8. The molecule has 0 aliphatic rings. The number of pyridine rings is 1. The number of hydrogen-bond donors (Lipinski definition) is 1. The summed E-state index contributed by atoms with van der Waals surface area (Å²) < 4.78 is 0. The monoisotopic (exact) mass is 328 g/mol. The Labute approximate surface area is 131 Å². The van der Waals surface area contributed by atoms with Gasteiger partial charge in [0, 0.05) is 16.2 Å². The van der Waals surface area contributed by atoms with E-state index in [0.717, 1.165) is 5.56 Å². The molecule has 0 saturated carbocycles. The molecule has 1 atom stereocenters. The highest BCUT2D eigenvalue weighted by molar-refractivity contribution is 6.35. The van der Waals surface area contributed by atoms with Crippen LogP contribution in [0.4, 0.5) is 0 Å². The Balaban J connectivity index is 2.12. The molecule has 3 nitrogen and oxygen atoms in total. The van der Waals surface area contributed by atoms with Crippen LogP contribution in [0.3, 0.4) is 0 Å². The molecule has 0 bridgehead atoms. The predicted octanol–water partition coefficient (Wildman–Crippen LogP) is 4.53. The van der Waals surface area contributed by atoms with Crippen molar-refractivity contribution >= 4 is 40.7 Å². The number of halogens is 3. The number of hydrogen-bond acceptors (Lipinski definition) is 2. The summed E-state index contributed by atoms with van der Waals surface area (Å²) in [4.78, 5) is 15.9. The number of rotatable bonds is 3. The van der Waals surface area contributed by atoms with Crippen LogP contribution in [-0.2, 0) is 0 Å². The van der Waals surface area contributed by atoms with E-state index < -0.39 is 0 Å². The Bertz CT molecular complexity index is 629. The molecule has 1 aromatic carbocycles. The van der Waals surface area contributed by atoms with Gasteiger partial charge >= 0.3 is 0 Å². The smallest absolute Gasteiger partial charge is 0.253 e. The fraction of sp³-hybridized carbons (Fsp3) is 0.143. The van der Waals surface area contributed by atoms with Gasteiger partial charge in [0.05, 0.1) is 11.6 Å². The van der Waals surface area contributed by atoms with Crippen molar-refractivity contribution in [3.05, 3.63) is 62.9 Å². The third-order valence-corrected chi connectivity index (χ3v) is 3.55. The van der Waals surface area contributed by atoms with Gasteiger partial charge in [-0.1, -0.05) is 40.9 Å². The van der Waals surface area contributed by atoms with E-state index in [1.54, 1.807) is 30.3 Å². The second-order valence-corrected chi connectivity index (χ2v) is 5.46. The van der Waals surface area contributed by atoms with Crippen molar-refractivity contribution in [3.8, 4) is 0 Å². The minimum Gasteiger partial charge on any atom is -0.345 e. The maximum Gasteiger partial charge on any atom is 0.253 e. The van der Waals surface area contributed by atoms with E-state index in [1.807, 2.05) is 6.92 Å². The average Bonchev–Trinajstić information content (AvgIpc) is 2.39. The SMILES string of the molecule is CC(NC(=O)c1ccc(Cl)nc1)c1ccc(Cl)cc1Cl. The zero-order valence-electron chi connectivity index (χ0n) is 10.5. The second-order valence-electron chi connectivity index (χ2n) is 4.23. The molecule has 0 spiro atoms. The van der Waals surface area contributed by atoms with Crippen molar-refractivity contribution in [2.24, 2.45) is 0 Å². The molecule has 1 unspecified atom stereocenters. The van der Waals surface area contributed by atoms with Crippen LogP contribution in [0.25, 0.3) is 0 Å². The molecule has 104 valence electrons. The van der Waals surface area contributed by atoms with Crippen LogP contribution in [0.2, 0.25) is 15.2 Å². The Morgan fingerprint density at radius 2 is 1.95 bits per heavy atom. The van der Waals surface area contributed by atoms with E-state index in [9.17, 15) is 4.79 Å². The quantitative estimate of drug-likeness (QED) is 0.840. The van der Waals surface area contributed by atoms with Crippen molar-refractivity contribution in [1.29, 1.82) is 0 Å². The van der Waals surface area contributed by atoms with Crippen LogP contribution in [0.1, 0.15) is 28.9 Å². The average molecular weight is 330 g/mol. The molecule has 1 aromatic heterocycles. The van der Waals surface area contributed by atoms with E-state index in [2.05, 4.69) is 10.3 Å². The summed E-state index contributed by atoms with van der Waals surface area (Å²) in [7, 11) is 0. The molecular weight excluding hydrogens is 319 g/mol. The lowest BCUT2D eigenvalue weighted by atomic mass is 10.1. The number of carbonyl (C=O) groups excluding carboxylic acids is 1. The molecule has 0 aliphatic carbocycles. The number of amides is 1. The molecule has 0 aliphatic heterocycles. The fourth-order valence-corrected chi connectivity index (χ4v) is 2.40. The highest BCUT2D eigenvalue weighted by Crippen LogP contribution is 2.26. The maximum absolute atomic E-state index is 12.1. The zero-order chi connectivity index (χ0) is 14.7. The maximum atomic E-state index is 12.1.